The van der Waals surface area contributed by atoms with E-state index in [1.807, 2.05) is 0 Å². The van der Waals surface area contributed by atoms with Gasteiger partial charge in [-0.15, -0.1) is 0 Å². The summed E-state index contributed by atoms with van der Waals surface area (Å²) in [5.41, 5.74) is 0. The summed E-state index contributed by atoms with van der Waals surface area (Å²) in [6, 6.07) is 0. The molecular formula is H3LiO2S3. The first kappa shape index (κ1) is 10.3. The molecule has 0 aromatic rings. The maximum atomic E-state index is 9.36. The molecule has 0 amide bonds. The van der Waals surface area contributed by atoms with Gasteiger partial charge in [-0.25, -0.2) is 8.42 Å². The summed E-state index contributed by atoms with van der Waals surface area (Å²) in [5.74, 6) is 0. The molecule has 6 heavy (non-hydrogen) atoms. The molecule has 6 heteroatoms. The fourth-order valence-electron chi connectivity index (χ4n) is 0. The predicted octanol–water partition coefficient (Wildman–Crippen LogP) is -0.558. The summed E-state index contributed by atoms with van der Waals surface area (Å²) < 4.78 is 18.7. The van der Waals surface area contributed by atoms with Crippen molar-refractivity contribution in [2.45, 2.75) is 0 Å². The van der Waals surface area contributed by atoms with Gasteiger partial charge in [0.1, 0.15) is 0 Å². The molecule has 0 unspecified atom stereocenters. The zero-order chi connectivity index (χ0) is 4.50. The van der Waals surface area contributed by atoms with E-state index < -0.39 is 7.90 Å². The van der Waals surface area contributed by atoms with Gasteiger partial charge in [-0.05, 0) is 23.3 Å². The first-order valence-electron chi connectivity index (χ1n) is 0.698. The van der Waals surface area contributed by atoms with Crippen LogP contribution in [0.25, 0.3) is 0 Å². The monoisotopic (exact) mass is 138 g/mol. The topological polar surface area (TPSA) is 34.1 Å². The van der Waals surface area contributed by atoms with E-state index in [1.54, 1.807) is 0 Å². The molecule has 0 fully saturated rings. The molecule has 0 rings (SSSR count). The van der Waals surface area contributed by atoms with E-state index in [0.29, 0.717) is 0 Å². The molecule has 0 bridgehead atoms. The van der Waals surface area contributed by atoms with Crippen LogP contribution in [0.5, 0.6) is 0 Å². The Bertz CT molecular complexity index is 92.0. The fourth-order valence-corrected chi connectivity index (χ4v) is 0. The van der Waals surface area contributed by atoms with Gasteiger partial charge in [-0.1, -0.05) is 0 Å². The first-order chi connectivity index (χ1) is 2.00. The Kier molecular flexibility index (Phi) is 5.61. The van der Waals surface area contributed by atoms with Gasteiger partial charge >= 0.3 is 18.9 Å². The van der Waals surface area contributed by atoms with Crippen LogP contribution >= 0.6 is 23.3 Å². The van der Waals surface area contributed by atoms with Gasteiger partial charge in [-0.2, -0.15) is 0 Å². The normalized spacial score (nSPS) is 9.67. The molecule has 0 aromatic heterocycles. The van der Waals surface area contributed by atoms with E-state index in [0.717, 1.165) is 0 Å². The molecule has 34 valence electrons. The van der Waals surface area contributed by atoms with E-state index in [-0.39, 0.29) is 18.9 Å². The Labute approximate surface area is 58.4 Å². The van der Waals surface area contributed by atoms with Gasteiger partial charge in [0.2, 0.25) is 7.90 Å². The second-order valence-electron chi connectivity index (χ2n) is 0.448. The molecule has 0 heterocycles. The van der Waals surface area contributed by atoms with E-state index >= 15 is 0 Å². The van der Waals surface area contributed by atoms with Gasteiger partial charge in [0.25, 0.3) is 0 Å². The number of hydrogen-bond acceptors (Lipinski definition) is 2. The molecule has 0 radical (unpaired) electrons. The summed E-state index contributed by atoms with van der Waals surface area (Å²) >= 11 is 5.92. The zero-order valence-electron chi connectivity index (χ0n) is 2.12. The van der Waals surface area contributed by atoms with Crippen molar-refractivity contribution in [3.63, 3.8) is 0 Å². The summed E-state index contributed by atoms with van der Waals surface area (Å²) in [6.45, 7) is 0. The molecule has 2 nitrogen and oxygen atoms in total. The molecule has 0 spiro atoms. The molecule has 0 aliphatic rings. The van der Waals surface area contributed by atoms with Crippen LogP contribution in [0.1, 0.15) is 0 Å². The predicted molar refractivity (Wildman–Crippen MR) is 34.0 cm³/mol. The zero-order valence-corrected chi connectivity index (χ0v) is 4.72. The van der Waals surface area contributed by atoms with Crippen molar-refractivity contribution >= 4 is 50.1 Å². The Morgan fingerprint density at radius 1 is 1.17 bits per heavy atom. The van der Waals surface area contributed by atoms with E-state index in [2.05, 4.69) is 23.3 Å². The van der Waals surface area contributed by atoms with Crippen LogP contribution in [0.3, 0.4) is 0 Å². The minimum absolute atomic E-state index is 0. The van der Waals surface area contributed by atoms with E-state index in [1.165, 1.54) is 0 Å². The average Bonchev–Trinajstić information content (AvgIpc) is 0.722. The van der Waals surface area contributed by atoms with Crippen LogP contribution in [0.4, 0.5) is 0 Å². The number of thiol groups is 2. The third-order valence-electron chi connectivity index (χ3n) is 0. The van der Waals surface area contributed by atoms with Crippen LogP contribution in [0.15, 0.2) is 0 Å². The van der Waals surface area contributed by atoms with Crippen LogP contribution in [-0.4, -0.2) is 27.3 Å². The fraction of sp³-hybridized carbons (Fsp3) is 0. The van der Waals surface area contributed by atoms with Crippen LogP contribution in [-0.2, 0) is 7.90 Å². The summed E-state index contributed by atoms with van der Waals surface area (Å²) in [7, 11) is -3.28. The second kappa shape index (κ2) is 3.28. The van der Waals surface area contributed by atoms with Crippen molar-refractivity contribution in [1.82, 2.24) is 0 Å². The third kappa shape index (κ3) is 60.8. The molecule has 0 N–H and O–H groups in total. The van der Waals surface area contributed by atoms with Crippen LogP contribution < -0.4 is 0 Å². The van der Waals surface area contributed by atoms with Crippen molar-refractivity contribution in [3.05, 3.63) is 0 Å². The van der Waals surface area contributed by atoms with Crippen LogP contribution in [0.2, 0.25) is 0 Å². The quantitative estimate of drug-likeness (QED) is 0.267. The van der Waals surface area contributed by atoms with Gasteiger partial charge in [-0.3, -0.25) is 0 Å². The van der Waals surface area contributed by atoms with Crippen LogP contribution in [0, 0.1) is 0 Å². The molecule has 0 aliphatic heterocycles. The Balaban J connectivity index is 0. The van der Waals surface area contributed by atoms with Gasteiger partial charge < -0.3 is 0 Å². The minimum atomic E-state index is -3.28. The molecular weight excluding hydrogens is 135 g/mol. The summed E-state index contributed by atoms with van der Waals surface area (Å²) in [5, 5.41) is 0. The van der Waals surface area contributed by atoms with Crippen molar-refractivity contribution in [1.29, 1.82) is 0 Å². The van der Waals surface area contributed by atoms with E-state index in [9.17, 15) is 8.42 Å². The number of hydrogen-bond donors (Lipinski definition) is 2. The molecule has 0 aromatic carbocycles. The molecule has 0 atom stereocenters. The Hall–Kier alpha value is 1.25. The van der Waals surface area contributed by atoms with Crippen molar-refractivity contribution in [2.75, 3.05) is 0 Å². The number of rotatable bonds is 0. The molecule has 0 saturated heterocycles. The maximum absolute atomic E-state index is 9.36. The summed E-state index contributed by atoms with van der Waals surface area (Å²) in [4.78, 5) is 0. The third-order valence-corrected chi connectivity index (χ3v) is 0. The summed E-state index contributed by atoms with van der Waals surface area (Å²) in [6.07, 6.45) is 0. The Morgan fingerprint density at radius 2 is 1.17 bits per heavy atom. The molecule has 0 aliphatic carbocycles. The van der Waals surface area contributed by atoms with Crippen molar-refractivity contribution in [3.8, 4) is 0 Å². The SMILES string of the molecule is O=S(=O)(S)S.[LiH]. The average molecular weight is 138 g/mol. The van der Waals surface area contributed by atoms with Crippen molar-refractivity contribution in [2.24, 2.45) is 0 Å². The molecule has 0 saturated carbocycles. The standard InChI is InChI=1S/Li.H2O2S3.H/c;1-5(2,3)4;/h;(H2,1,2,3,4);. The van der Waals surface area contributed by atoms with E-state index in [4.69, 9.17) is 0 Å². The Morgan fingerprint density at radius 3 is 1.17 bits per heavy atom. The van der Waals surface area contributed by atoms with Gasteiger partial charge in [0.05, 0.1) is 0 Å². The van der Waals surface area contributed by atoms with Gasteiger partial charge in [0.15, 0.2) is 0 Å². The van der Waals surface area contributed by atoms with Crippen molar-refractivity contribution < 1.29 is 8.42 Å². The second-order valence-corrected chi connectivity index (χ2v) is 5.09. The first-order valence-corrected chi connectivity index (χ1v) is 4.29. The van der Waals surface area contributed by atoms with Gasteiger partial charge in [0, 0.05) is 0 Å².